The SMILES string of the molecule is BC(C(=O)NC(=O)CC)N1Cc2c(NCc3cc(CN4CCOCC4)ccc3F)cccc2C1=O. The highest BCUT2D eigenvalue weighted by atomic mass is 19.1. The smallest absolute Gasteiger partial charge is 0.254 e. The highest BCUT2D eigenvalue weighted by Crippen LogP contribution is 2.31. The van der Waals surface area contributed by atoms with Crippen LogP contribution in [-0.4, -0.2) is 67.6 Å². The zero-order valence-corrected chi connectivity index (χ0v) is 20.1. The van der Waals surface area contributed by atoms with Gasteiger partial charge in [0.1, 0.15) is 13.7 Å². The second kappa shape index (κ2) is 11.0. The number of benzene rings is 2. The number of nitrogens with one attached hydrogen (secondary N) is 2. The fourth-order valence-corrected chi connectivity index (χ4v) is 4.37. The van der Waals surface area contributed by atoms with Crippen LogP contribution in [0.4, 0.5) is 10.1 Å². The van der Waals surface area contributed by atoms with Crippen LogP contribution < -0.4 is 10.6 Å². The van der Waals surface area contributed by atoms with Crippen molar-refractivity contribution in [3.8, 4) is 0 Å². The molecule has 2 aromatic rings. The van der Waals surface area contributed by atoms with Crippen LogP contribution in [0.25, 0.3) is 0 Å². The summed E-state index contributed by atoms with van der Waals surface area (Å²) in [4.78, 5) is 40.7. The summed E-state index contributed by atoms with van der Waals surface area (Å²) in [5.74, 6) is -2.25. The number of amides is 3. The molecule has 2 aliphatic heterocycles. The summed E-state index contributed by atoms with van der Waals surface area (Å²) in [5.41, 5.74) is 3.54. The predicted octanol–water partition coefficient (Wildman–Crippen LogP) is 1.24. The van der Waals surface area contributed by atoms with Crippen molar-refractivity contribution in [1.29, 1.82) is 0 Å². The first-order valence-electron chi connectivity index (χ1n) is 11.9. The van der Waals surface area contributed by atoms with E-state index < -0.39 is 11.8 Å². The average molecular weight is 480 g/mol. The molecule has 2 aromatic carbocycles. The largest absolute Gasteiger partial charge is 0.381 e. The Morgan fingerprint density at radius 2 is 1.97 bits per heavy atom. The van der Waals surface area contributed by atoms with Gasteiger partial charge in [0, 0.05) is 61.5 Å². The monoisotopic (exact) mass is 480 g/mol. The molecular formula is C25H30BFN4O4. The molecule has 0 radical (unpaired) electrons. The van der Waals surface area contributed by atoms with Crippen LogP contribution in [0.2, 0.25) is 0 Å². The van der Waals surface area contributed by atoms with Gasteiger partial charge in [-0.1, -0.05) is 19.1 Å². The highest BCUT2D eigenvalue weighted by Gasteiger charge is 2.35. The molecule has 0 spiro atoms. The Morgan fingerprint density at radius 1 is 1.20 bits per heavy atom. The van der Waals surface area contributed by atoms with E-state index in [1.54, 1.807) is 33.0 Å². The van der Waals surface area contributed by atoms with Crippen molar-refractivity contribution in [2.24, 2.45) is 0 Å². The van der Waals surface area contributed by atoms with Gasteiger partial charge in [-0.2, -0.15) is 0 Å². The quantitative estimate of drug-likeness (QED) is 0.553. The number of morpholine rings is 1. The number of hydrogen-bond acceptors (Lipinski definition) is 6. The van der Waals surface area contributed by atoms with Gasteiger partial charge < -0.3 is 15.0 Å². The molecule has 3 amide bonds. The van der Waals surface area contributed by atoms with E-state index in [0.717, 1.165) is 30.8 Å². The molecule has 2 aliphatic rings. The summed E-state index contributed by atoms with van der Waals surface area (Å²) in [6, 6.07) is 10.5. The number of rotatable bonds is 8. The van der Waals surface area contributed by atoms with Crippen molar-refractivity contribution in [1.82, 2.24) is 15.1 Å². The summed E-state index contributed by atoms with van der Waals surface area (Å²) in [6.45, 7) is 6.01. The zero-order chi connectivity index (χ0) is 24.9. The van der Waals surface area contributed by atoms with E-state index in [9.17, 15) is 18.8 Å². The van der Waals surface area contributed by atoms with Crippen molar-refractivity contribution >= 4 is 31.3 Å². The van der Waals surface area contributed by atoms with Gasteiger partial charge in [-0.15, -0.1) is 0 Å². The van der Waals surface area contributed by atoms with Crippen molar-refractivity contribution < 1.29 is 23.5 Å². The van der Waals surface area contributed by atoms with Gasteiger partial charge in [-0.05, 0) is 29.8 Å². The molecular weight excluding hydrogens is 450 g/mol. The summed E-state index contributed by atoms with van der Waals surface area (Å²) in [6.07, 6.45) is 0.185. The van der Waals surface area contributed by atoms with Gasteiger partial charge in [0.05, 0.1) is 19.2 Å². The number of nitrogens with zero attached hydrogens (tertiary/aromatic N) is 2. The molecule has 0 aromatic heterocycles. The Balaban J connectivity index is 1.45. The lowest BCUT2D eigenvalue weighted by atomic mass is 9.93. The van der Waals surface area contributed by atoms with Gasteiger partial charge in [0.25, 0.3) is 5.91 Å². The Morgan fingerprint density at radius 3 is 2.71 bits per heavy atom. The van der Waals surface area contributed by atoms with Crippen LogP contribution in [0.3, 0.4) is 0 Å². The molecule has 8 nitrogen and oxygen atoms in total. The molecule has 35 heavy (non-hydrogen) atoms. The highest BCUT2D eigenvalue weighted by molar-refractivity contribution is 6.27. The number of ether oxygens (including phenoxy) is 1. The Bertz CT molecular complexity index is 1120. The molecule has 2 N–H and O–H groups in total. The summed E-state index contributed by atoms with van der Waals surface area (Å²) in [7, 11) is 1.60. The molecule has 1 saturated heterocycles. The van der Waals surface area contributed by atoms with E-state index in [1.165, 1.54) is 11.0 Å². The second-order valence-corrected chi connectivity index (χ2v) is 8.87. The number of hydrogen-bond donors (Lipinski definition) is 2. The first-order valence-corrected chi connectivity index (χ1v) is 11.9. The molecule has 2 heterocycles. The van der Waals surface area contributed by atoms with Crippen LogP contribution in [0.15, 0.2) is 36.4 Å². The average Bonchev–Trinajstić information content (AvgIpc) is 3.21. The van der Waals surface area contributed by atoms with Crippen molar-refractivity contribution in [3.05, 3.63) is 64.5 Å². The van der Waals surface area contributed by atoms with Gasteiger partial charge >= 0.3 is 0 Å². The van der Waals surface area contributed by atoms with E-state index in [-0.39, 0.29) is 37.1 Å². The Kier molecular flexibility index (Phi) is 7.82. The molecule has 1 fully saturated rings. The number of carbonyl (C=O) groups excluding carboxylic acids is 3. The topological polar surface area (TPSA) is 91.0 Å². The Labute approximate surface area is 205 Å². The molecule has 1 atom stereocenters. The van der Waals surface area contributed by atoms with E-state index >= 15 is 0 Å². The minimum atomic E-state index is -0.799. The molecule has 0 bridgehead atoms. The maximum absolute atomic E-state index is 14.6. The fourth-order valence-electron chi connectivity index (χ4n) is 4.37. The van der Waals surface area contributed by atoms with Crippen molar-refractivity contribution in [2.45, 2.75) is 38.9 Å². The second-order valence-electron chi connectivity index (χ2n) is 8.87. The van der Waals surface area contributed by atoms with Gasteiger partial charge in [0.15, 0.2) is 0 Å². The molecule has 10 heteroatoms. The molecule has 0 aliphatic carbocycles. The van der Waals surface area contributed by atoms with Crippen LogP contribution in [0.1, 0.15) is 40.4 Å². The van der Waals surface area contributed by atoms with Crippen LogP contribution >= 0.6 is 0 Å². The van der Waals surface area contributed by atoms with E-state index in [1.807, 2.05) is 12.1 Å². The number of fused-ring (bicyclic) bond motifs is 1. The summed E-state index contributed by atoms with van der Waals surface area (Å²) < 4.78 is 20.0. The Hall–Kier alpha value is -3.24. The lowest BCUT2D eigenvalue weighted by molar-refractivity contribution is -0.131. The zero-order valence-electron chi connectivity index (χ0n) is 20.1. The van der Waals surface area contributed by atoms with Crippen LogP contribution in [0, 0.1) is 5.82 Å². The first-order chi connectivity index (χ1) is 16.9. The molecule has 4 rings (SSSR count). The minimum Gasteiger partial charge on any atom is -0.381 e. The first kappa shape index (κ1) is 24.9. The maximum Gasteiger partial charge on any atom is 0.254 e. The molecule has 184 valence electrons. The number of halogens is 1. The van der Waals surface area contributed by atoms with Crippen LogP contribution in [-0.2, 0) is 34.0 Å². The fraction of sp³-hybridized carbons (Fsp3) is 0.400. The van der Waals surface area contributed by atoms with E-state index in [0.29, 0.717) is 30.0 Å². The lowest BCUT2D eigenvalue weighted by Crippen LogP contribution is -2.49. The third kappa shape index (κ3) is 5.71. The van der Waals surface area contributed by atoms with Crippen molar-refractivity contribution in [2.75, 3.05) is 31.6 Å². The maximum atomic E-state index is 14.6. The standard InChI is InChI=1S/C25H30BFN4O4/c1-2-22(32)29-24(33)23(26)31-15-19-18(25(31)34)4-3-5-21(19)28-13-17-12-16(6-7-20(17)27)14-30-8-10-35-11-9-30/h3-7,12,23,28H,2,8-11,13-15,26H2,1H3,(H,29,32,33). The minimum absolute atomic E-state index is 0.185. The van der Waals surface area contributed by atoms with Gasteiger partial charge in [-0.25, -0.2) is 4.39 Å². The number of imide groups is 1. The summed E-state index contributed by atoms with van der Waals surface area (Å²) >= 11 is 0. The lowest BCUT2D eigenvalue weighted by Gasteiger charge is -2.26. The predicted molar refractivity (Wildman–Crippen MR) is 132 cm³/mol. The molecule has 1 unspecified atom stereocenters. The molecule has 0 saturated carbocycles. The third-order valence-corrected chi connectivity index (χ3v) is 6.52. The summed E-state index contributed by atoms with van der Waals surface area (Å²) in [5, 5.41) is 5.59. The van der Waals surface area contributed by atoms with Gasteiger partial charge in [0.2, 0.25) is 11.8 Å². The number of anilines is 1. The third-order valence-electron chi connectivity index (χ3n) is 6.52. The number of carbonyl (C=O) groups is 3. The van der Waals surface area contributed by atoms with Crippen molar-refractivity contribution in [3.63, 3.8) is 0 Å². The normalized spacial score (nSPS) is 16.6. The van der Waals surface area contributed by atoms with Gasteiger partial charge in [-0.3, -0.25) is 24.6 Å². The van der Waals surface area contributed by atoms with E-state index in [2.05, 4.69) is 15.5 Å². The van der Waals surface area contributed by atoms with E-state index in [4.69, 9.17) is 4.74 Å². The van der Waals surface area contributed by atoms with Crippen LogP contribution in [0.5, 0.6) is 0 Å².